The minimum absolute atomic E-state index is 0.417. The maximum absolute atomic E-state index is 5.76. The standard InChI is InChI=1S/C13H18BrNO/c1-8(2)15-12-4-5-16-13-9(3)6-10(14)7-11(12)13/h6-8,12,15H,4-5H2,1-3H3. The summed E-state index contributed by atoms with van der Waals surface area (Å²) in [4.78, 5) is 0. The zero-order valence-electron chi connectivity index (χ0n) is 10.0. The Hall–Kier alpha value is -0.540. The Morgan fingerprint density at radius 1 is 1.44 bits per heavy atom. The van der Waals surface area contributed by atoms with Crippen molar-refractivity contribution in [1.29, 1.82) is 0 Å². The summed E-state index contributed by atoms with van der Waals surface area (Å²) in [6, 6.07) is 5.19. The van der Waals surface area contributed by atoms with Gasteiger partial charge in [0.25, 0.3) is 0 Å². The van der Waals surface area contributed by atoms with Crippen LogP contribution in [0.4, 0.5) is 0 Å². The first-order valence-electron chi connectivity index (χ1n) is 5.77. The zero-order chi connectivity index (χ0) is 11.7. The molecule has 1 heterocycles. The summed E-state index contributed by atoms with van der Waals surface area (Å²) < 4.78 is 6.89. The van der Waals surface area contributed by atoms with Crippen LogP contribution in [0.15, 0.2) is 16.6 Å². The third kappa shape index (κ3) is 2.41. The molecule has 1 aromatic rings. The van der Waals surface area contributed by atoms with E-state index in [1.807, 2.05) is 0 Å². The highest BCUT2D eigenvalue weighted by atomic mass is 79.9. The Morgan fingerprint density at radius 2 is 2.19 bits per heavy atom. The molecule has 1 aliphatic rings. The van der Waals surface area contributed by atoms with Gasteiger partial charge in [0.2, 0.25) is 0 Å². The first-order valence-corrected chi connectivity index (χ1v) is 6.56. The summed E-state index contributed by atoms with van der Waals surface area (Å²) in [6.45, 7) is 7.27. The molecule has 1 aliphatic heterocycles. The zero-order valence-corrected chi connectivity index (χ0v) is 11.6. The second-order valence-electron chi connectivity index (χ2n) is 4.65. The lowest BCUT2D eigenvalue weighted by molar-refractivity contribution is 0.246. The summed E-state index contributed by atoms with van der Waals surface area (Å²) >= 11 is 3.55. The van der Waals surface area contributed by atoms with Gasteiger partial charge in [-0.15, -0.1) is 0 Å². The van der Waals surface area contributed by atoms with E-state index in [0.717, 1.165) is 23.2 Å². The molecule has 0 aliphatic carbocycles. The van der Waals surface area contributed by atoms with E-state index in [1.165, 1.54) is 11.1 Å². The van der Waals surface area contributed by atoms with E-state index in [9.17, 15) is 0 Å². The van der Waals surface area contributed by atoms with Crippen LogP contribution >= 0.6 is 15.9 Å². The second-order valence-corrected chi connectivity index (χ2v) is 5.57. The van der Waals surface area contributed by atoms with Gasteiger partial charge in [-0.1, -0.05) is 29.8 Å². The van der Waals surface area contributed by atoms with Crippen molar-refractivity contribution in [3.63, 3.8) is 0 Å². The van der Waals surface area contributed by atoms with E-state index in [1.54, 1.807) is 0 Å². The number of hydrogen-bond donors (Lipinski definition) is 1. The highest BCUT2D eigenvalue weighted by Crippen LogP contribution is 2.37. The van der Waals surface area contributed by atoms with Gasteiger partial charge < -0.3 is 10.1 Å². The van der Waals surface area contributed by atoms with E-state index >= 15 is 0 Å². The molecule has 0 fully saturated rings. The molecule has 2 rings (SSSR count). The van der Waals surface area contributed by atoms with Crippen molar-refractivity contribution in [2.24, 2.45) is 0 Å². The van der Waals surface area contributed by atoms with Crippen molar-refractivity contribution in [3.8, 4) is 5.75 Å². The van der Waals surface area contributed by atoms with Crippen molar-refractivity contribution < 1.29 is 4.74 Å². The number of halogens is 1. The fourth-order valence-electron chi connectivity index (χ4n) is 2.22. The van der Waals surface area contributed by atoms with Crippen LogP contribution in [0.3, 0.4) is 0 Å². The fraction of sp³-hybridized carbons (Fsp3) is 0.538. The van der Waals surface area contributed by atoms with Crippen molar-refractivity contribution in [1.82, 2.24) is 5.32 Å². The molecule has 16 heavy (non-hydrogen) atoms. The van der Waals surface area contributed by atoms with Crippen molar-refractivity contribution >= 4 is 15.9 Å². The monoisotopic (exact) mass is 283 g/mol. The average molecular weight is 284 g/mol. The van der Waals surface area contributed by atoms with Gasteiger partial charge in [0.1, 0.15) is 5.75 Å². The van der Waals surface area contributed by atoms with Gasteiger partial charge in [-0.05, 0) is 24.6 Å². The first-order chi connectivity index (χ1) is 7.58. The highest BCUT2D eigenvalue weighted by molar-refractivity contribution is 9.10. The molecule has 1 N–H and O–H groups in total. The number of fused-ring (bicyclic) bond motifs is 1. The molecule has 0 spiro atoms. The van der Waals surface area contributed by atoms with Crippen LogP contribution in [0, 0.1) is 6.92 Å². The predicted molar refractivity (Wildman–Crippen MR) is 70.0 cm³/mol. The SMILES string of the molecule is Cc1cc(Br)cc2c1OCCC2NC(C)C. The Kier molecular flexibility index (Phi) is 3.55. The minimum atomic E-state index is 0.417. The number of benzene rings is 1. The molecule has 1 aromatic carbocycles. The smallest absolute Gasteiger partial charge is 0.127 e. The van der Waals surface area contributed by atoms with Crippen molar-refractivity contribution in [3.05, 3.63) is 27.7 Å². The minimum Gasteiger partial charge on any atom is -0.493 e. The molecular weight excluding hydrogens is 266 g/mol. The Labute approximate surface area is 106 Å². The summed E-state index contributed by atoms with van der Waals surface area (Å²) in [5.74, 6) is 1.06. The molecule has 88 valence electrons. The Balaban J connectivity index is 2.37. The van der Waals surface area contributed by atoms with Crippen LogP contribution in [0.25, 0.3) is 0 Å². The molecule has 0 bridgehead atoms. The summed E-state index contributed by atoms with van der Waals surface area (Å²) in [6.07, 6.45) is 1.04. The Bertz CT molecular complexity index is 390. The fourth-order valence-corrected chi connectivity index (χ4v) is 2.81. The Morgan fingerprint density at radius 3 is 2.88 bits per heavy atom. The predicted octanol–water partition coefficient (Wildman–Crippen LogP) is 3.58. The van der Waals surface area contributed by atoms with E-state index in [0.29, 0.717) is 12.1 Å². The lowest BCUT2D eigenvalue weighted by Gasteiger charge is -2.29. The van der Waals surface area contributed by atoms with E-state index in [4.69, 9.17) is 4.74 Å². The molecule has 0 amide bonds. The van der Waals surface area contributed by atoms with Gasteiger partial charge in [0.05, 0.1) is 6.61 Å². The summed E-state index contributed by atoms with van der Waals surface area (Å²) in [5, 5.41) is 3.59. The van der Waals surface area contributed by atoms with Crippen LogP contribution in [0.2, 0.25) is 0 Å². The van der Waals surface area contributed by atoms with Gasteiger partial charge in [-0.25, -0.2) is 0 Å². The third-order valence-corrected chi connectivity index (χ3v) is 3.29. The van der Waals surface area contributed by atoms with Crippen LogP contribution in [-0.2, 0) is 0 Å². The lowest BCUT2D eigenvalue weighted by Crippen LogP contribution is -2.32. The second kappa shape index (κ2) is 4.76. The average Bonchev–Trinajstić information content (AvgIpc) is 2.18. The summed E-state index contributed by atoms with van der Waals surface area (Å²) in [5.41, 5.74) is 2.49. The molecule has 2 nitrogen and oxygen atoms in total. The van der Waals surface area contributed by atoms with Crippen LogP contribution in [-0.4, -0.2) is 12.6 Å². The third-order valence-electron chi connectivity index (χ3n) is 2.83. The number of aryl methyl sites for hydroxylation is 1. The summed E-state index contributed by atoms with van der Waals surface area (Å²) in [7, 11) is 0. The van der Waals surface area contributed by atoms with E-state index < -0.39 is 0 Å². The molecule has 0 radical (unpaired) electrons. The normalized spacial score (nSPS) is 19.4. The molecule has 1 atom stereocenters. The van der Waals surface area contributed by atoms with Crippen molar-refractivity contribution in [2.45, 2.75) is 39.3 Å². The van der Waals surface area contributed by atoms with Gasteiger partial charge in [0.15, 0.2) is 0 Å². The lowest BCUT2D eigenvalue weighted by atomic mass is 9.97. The molecule has 0 aromatic heterocycles. The topological polar surface area (TPSA) is 21.3 Å². The molecule has 3 heteroatoms. The van der Waals surface area contributed by atoms with Gasteiger partial charge in [-0.3, -0.25) is 0 Å². The van der Waals surface area contributed by atoms with Gasteiger partial charge in [-0.2, -0.15) is 0 Å². The molecular formula is C13H18BrNO. The van der Waals surface area contributed by atoms with Gasteiger partial charge >= 0.3 is 0 Å². The van der Waals surface area contributed by atoms with E-state index in [2.05, 4.69) is 54.2 Å². The highest BCUT2D eigenvalue weighted by Gasteiger charge is 2.23. The number of hydrogen-bond acceptors (Lipinski definition) is 2. The van der Waals surface area contributed by atoms with Crippen LogP contribution in [0.1, 0.15) is 37.4 Å². The van der Waals surface area contributed by atoms with Crippen LogP contribution in [0.5, 0.6) is 5.75 Å². The molecule has 1 unspecified atom stereocenters. The maximum atomic E-state index is 5.76. The van der Waals surface area contributed by atoms with E-state index in [-0.39, 0.29) is 0 Å². The molecule has 0 saturated heterocycles. The maximum Gasteiger partial charge on any atom is 0.127 e. The first kappa shape index (κ1) is 11.9. The van der Waals surface area contributed by atoms with Gasteiger partial charge in [0, 0.05) is 28.5 Å². The van der Waals surface area contributed by atoms with Crippen molar-refractivity contribution in [2.75, 3.05) is 6.61 Å². The number of ether oxygens (including phenoxy) is 1. The number of rotatable bonds is 2. The number of nitrogens with one attached hydrogen (secondary N) is 1. The largest absolute Gasteiger partial charge is 0.493 e. The quantitative estimate of drug-likeness (QED) is 0.896. The van der Waals surface area contributed by atoms with Crippen LogP contribution < -0.4 is 10.1 Å². The molecule has 0 saturated carbocycles.